The summed E-state index contributed by atoms with van der Waals surface area (Å²) in [7, 11) is 3.58. The van der Waals surface area contributed by atoms with Crippen LogP contribution in [0.3, 0.4) is 0 Å². The summed E-state index contributed by atoms with van der Waals surface area (Å²) >= 11 is 0. The van der Waals surface area contributed by atoms with E-state index in [1.165, 1.54) is 12.1 Å². The lowest BCUT2D eigenvalue weighted by molar-refractivity contribution is 0.205. The summed E-state index contributed by atoms with van der Waals surface area (Å²) in [4.78, 5) is 1.80. The van der Waals surface area contributed by atoms with Crippen LogP contribution in [0.2, 0.25) is 0 Å². The molecule has 2 nitrogen and oxygen atoms in total. The molecule has 0 N–H and O–H groups in total. The molecule has 0 aliphatic carbocycles. The van der Waals surface area contributed by atoms with E-state index in [2.05, 4.69) is 6.07 Å². The van der Waals surface area contributed by atoms with E-state index in [0.29, 0.717) is 5.56 Å². The first-order chi connectivity index (χ1) is 8.38. The lowest BCUT2D eigenvalue weighted by atomic mass is 9.84. The van der Waals surface area contributed by atoms with Gasteiger partial charge in [-0.3, -0.25) is 0 Å². The lowest BCUT2D eigenvalue weighted by Gasteiger charge is -2.31. The second kappa shape index (κ2) is 5.92. The zero-order valence-electron chi connectivity index (χ0n) is 11.1. The average molecular weight is 252 g/mol. The minimum absolute atomic E-state index is 0.0897. The fourth-order valence-corrected chi connectivity index (χ4v) is 2.12. The summed E-state index contributed by atoms with van der Waals surface area (Å²) in [6.07, 6.45) is 0. The lowest BCUT2D eigenvalue weighted by Crippen LogP contribution is -2.30. The molecule has 0 saturated carbocycles. The zero-order valence-corrected chi connectivity index (χ0v) is 11.1. The molecule has 2 atom stereocenters. The maximum absolute atomic E-state index is 13.8. The summed E-state index contributed by atoms with van der Waals surface area (Å²) in [6.45, 7) is 3.84. The van der Waals surface area contributed by atoms with E-state index in [4.69, 9.17) is 0 Å². The topological polar surface area (TPSA) is 27.0 Å². The summed E-state index contributed by atoms with van der Waals surface area (Å²) in [6, 6.07) is 5.35. The highest BCUT2D eigenvalue weighted by Gasteiger charge is 2.29. The Kier molecular flexibility index (Phi) is 4.80. The smallest absolute Gasteiger partial charge is 0.130 e. The van der Waals surface area contributed by atoms with Gasteiger partial charge in [-0.1, -0.05) is 19.9 Å². The van der Waals surface area contributed by atoms with E-state index < -0.39 is 11.6 Å². The maximum Gasteiger partial charge on any atom is 0.130 e. The van der Waals surface area contributed by atoms with Gasteiger partial charge in [-0.15, -0.1) is 0 Å². The van der Waals surface area contributed by atoms with E-state index in [1.807, 2.05) is 13.8 Å². The van der Waals surface area contributed by atoms with Gasteiger partial charge in [0, 0.05) is 11.6 Å². The molecule has 2 unspecified atom stereocenters. The summed E-state index contributed by atoms with van der Waals surface area (Å²) < 4.78 is 26.8. The number of nitrogens with zero attached hydrogens (tertiary/aromatic N) is 2. The van der Waals surface area contributed by atoms with Crippen molar-refractivity contribution in [2.75, 3.05) is 14.1 Å². The van der Waals surface area contributed by atoms with Gasteiger partial charge in [0.1, 0.15) is 11.6 Å². The number of benzene rings is 1. The minimum atomic E-state index is -0.605. The quantitative estimate of drug-likeness (QED) is 0.821. The molecular weight excluding hydrogens is 234 g/mol. The third kappa shape index (κ3) is 3.05. The Balaban J connectivity index is 3.24. The fourth-order valence-electron chi connectivity index (χ4n) is 2.12. The number of hydrogen-bond donors (Lipinski definition) is 0. The van der Waals surface area contributed by atoms with Crippen LogP contribution in [0.5, 0.6) is 0 Å². The van der Waals surface area contributed by atoms with Gasteiger partial charge < -0.3 is 4.90 Å². The van der Waals surface area contributed by atoms with Gasteiger partial charge in [-0.05, 0) is 26.1 Å². The molecule has 1 aromatic carbocycles. The van der Waals surface area contributed by atoms with Crippen molar-refractivity contribution in [2.45, 2.75) is 19.9 Å². The Bertz CT molecular complexity index is 450. The Labute approximate surface area is 107 Å². The number of rotatable bonds is 4. The summed E-state index contributed by atoms with van der Waals surface area (Å²) in [5, 5.41) is 9.25. The molecule has 98 valence electrons. The molecule has 0 bridgehead atoms. The SMILES string of the molecule is CC(C)C(C#N)C(c1ccc(F)cc1F)N(C)C. The van der Waals surface area contributed by atoms with Gasteiger partial charge in [0.25, 0.3) is 0 Å². The Morgan fingerprint density at radius 1 is 1.22 bits per heavy atom. The highest BCUT2D eigenvalue weighted by Crippen LogP contribution is 2.33. The first kappa shape index (κ1) is 14.6. The van der Waals surface area contributed by atoms with Crippen LogP contribution >= 0.6 is 0 Å². The molecule has 4 heteroatoms. The van der Waals surface area contributed by atoms with Crippen LogP contribution in [0.25, 0.3) is 0 Å². The molecule has 0 spiro atoms. The van der Waals surface area contributed by atoms with Gasteiger partial charge in [-0.25, -0.2) is 8.78 Å². The second-order valence-electron chi connectivity index (χ2n) is 4.97. The summed E-state index contributed by atoms with van der Waals surface area (Å²) in [5.41, 5.74) is 0.363. The largest absolute Gasteiger partial charge is 0.301 e. The van der Waals surface area contributed by atoms with Crippen molar-refractivity contribution in [2.24, 2.45) is 11.8 Å². The van der Waals surface area contributed by atoms with Crippen molar-refractivity contribution in [3.8, 4) is 6.07 Å². The van der Waals surface area contributed by atoms with Crippen molar-refractivity contribution < 1.29 is 8.78 Å². The second-order valence-corrected chi connectivity index (χ2v) is 4.97. The molecule has 0 radical (unpaired) electrons. The van der Waals surface area contributed by atoms with E-state index in [9.17, 15) is 14.0 Å². The predicted molar refractivity (Wildman–Crippen MR) is 66.7 cm³/mol. The van der Waals surface area contributed by atoms with Crippen LogP contribution in [0.15, 0.2) is 18.2 Å². The molecule has 0 aromatic heterocycles. The van der Waals surface area contributed by atoms with Crippen molar-refractivity contribution >= 4 is 0 Å². The van der Waals surface area contributed by atoms with Gasteiger partial charge in [0.2, 0.25) is 0 Å². The van der Waals surface area contributed by atoms with Crippen molar-refractivity contribution in [3.05, 3.63) is 35.4 Å². The molecule has 1 rings (SSSR count). The Morgan fingerprint density at radius 3 is 2.22 bits per heavy atom. The monoisotopic (exact) mass is 252 g/mol. The average Bonchev–Trinajstić information content (AvgIpc) is 2.26. The predicted octanol–water partition coefficient (Wildman–Crippen LogP) is 3.36. The Hall–Kier alpha value is -1.47. The third-order valence-electron chi connectivity index (χ3n) is 3.04. The molecule has 0 amide bonds. The standard InChI is InChI=1S/C14H18F2N2/c1-9(2)12(8-17)14(18(3)4)11-6-5-10(15)7-13(11)16/h5-7,9,12,14H,1-4H3. The first-order valence-electron chi connectivity index (χ1n) is 5.89. The number of hydrogen-bond acceptors (Lipinski definition) is 2. The summed E-state index contributed by atoms with van der Waals surface area (Å²) in [5.74, 6) is -1.46. The number of nitriles is 1. The first-order valence-corrected chi connectivity index (χ1v) is 5.89. The van der Waals surface area contributed by atoms with E-state index in [0.717, 1.165) is 6.07 Å². The molecule has 18 heavy (non-hydrogen) atoms. The van der Waals surface area contributed by atoms with Crippen molar-refractivity contribution in [1.82, 2.24) is 4.90 Å². The van der Waals surface area contributed by atoms with E-state index in [-0.39, 0.29) is 17.9 Å². The molecular formula is C14H18F2N2. The van der Waals surface area contributed by atoms with Crippen LogP contribution in [-0.4, -0.2) is 19.0 Å². The third-order valence-corrected chi connectivity index (χ3v) is 3.04. The van der Waals surface area contributed by atoms with Crippen molar-refractivity contribution in [1.29, 1.82) is 5.26 Å². The van der Waals surface area contributed by atoms with E-state index in [1.54, 1.807) is 19.0 Å². The highest BCUT2D eigenvalue weighted by molar-refractivity contribution is 5.24. The molecule has 1 aromatic rings. The van der Waals surface area contributed by atoms with Crippen LogP contribution < -0.4 is 0 Å². The van der Waals surface area contributed by atoms with Gasteiger partial charge in [-0.2, -0.15) is 5.26 Å². The molecule has 0 aliphatic heterocycles. The van der Waals surface area contributed by atoms with Crippen LogP contribution in [0.4, 0.5) is 8.78 Å². The molecule has 0 fully saturated rings. The number of halogens is 2. The fraction of sp³-hybridized carbons (Fsp3) is 0.500. The highest BCUT2D eigenvalue weighted by atomic mass is 19.1. The molecule has 0 saturated heterocycles. The zero-order chi connectivity index (χ0) is 13.9. The Morgan fingerprint density at radius 2 is 1.83 bits per heavy atom. The van der Waals surface area contributed by atoms with E-state index >= 15 is 0 Å². The van der Waals surface area contributed by atoms with Crippen LogP contribution in [0.1, 0.15) is 25.5 Å². The van der Waals surface area contributed by atoms with Crippen LogP contribution in [-0.2, 0) is 0 Å². The van der Waals surface area contributed by atoms with Gasteiger partial charge in [0.15, 0.2) is 0 Å². The van der Waals surface area contributed by atoms with Crippen molar-refractivity contribution in [3.63, 3.8) is 0 Å². The van der Waals surface area contributed by atoms with Gasteiger partial charge in [0.05, 0.1) is 18.0 Å². The maximum atomic E-state index is 13.8. The molecule has 0 heterocycles. The molecule has 0 aliphatic rings. The van der Waals surface area contributed by atoms with Crippen LogP contribution in [0, 0.1) is 34.8 Å². The normalized spacial score (nSPS) is 14.6. The minimum Gasteiger partial charge on any atom is -0.301 e. The van der Waals surface area contributed by atoms with Gasteiger partial charge >= 0.3 is 0 Å².